The predicted molar refractivity (Wildman–Crippen MR) is 29.3 cm³/mol. The molecule has 0 unspecified atom stereocenters. The average Bonchev–Trinajstić information content (AvgIpc) is 1.81. The van der Waals surface area contributed by atoms with Crippen LogP contribution in [0.15, 0.2) is 0 Å². The zero-order valence-corrected chi connectivity index (χ0v) is 4.97. The maximum absolute atomic E-state index is 12.1. The number of halogens is 1. The summed E-state index contributed by atoms with van der Waals surface area (Å²) in [5, 5.41) is 16.9. The van der Waals surface area contributed by atoms with Crippen LogP contribution in [0.5, 0.6) is 0 Å². The van der Waals surface area contributed by atoms with E-state index in [1.54, 1.807) is 0 Å². The summed E-state index contributed by atoms with van der Waals surface area (Å²) in [7, 11) is 0. The van der Waals surface area contributed by atoms with Crippen molar-refractivity contribution in [1.82, 2.24) is 0 Å². The number of hydrogen-bond acceptors (Lipinski definition) is 2. The van der Waals surface area contributed by atoms with E-state index >= 15 is 0 Å². The van der Waals surface area contributed by atoms with E-state index in [2.05, 4.69) is 0 Å². The van der Waals surface area contributed by atoms with Crippen LogP contribution in [-0.4, -0.2) is 17.9 Å². The molecule has 1 aliphatic carbocycles. The topological polar surface area (TPSA) is 44.0 Å². The molecule has 0 saturated heterocycles. The van der Waals surface area contributed by atoms with E-state index in [-0.39, 0.29) is 19.4 Å². The van der Waals surface area contributed by atoms with Crippen LogP contribution in [0.1, 0.15) is 12.8 Å². The van der Waals surface area contributed by atoms with Crippen molar-refractivity contribution in [3.8, 4) is 6.07 Å². The number of aliphatic hydroxyl groups excluding tert-OH is 1. The minimum absolute atomic E-state index is 0.204. The third-order valence-electron chi connectivity index (χ3n) is 1.76. The number of hydrogen-bond donors (Lipinski definition) is 1. The first-order chi connectivity index (χ1) is 4.22. The van der Waals surface area contributed by atoms with Crippen molar-refractivity contribution in [2.24, 2.45) is 5.41 Å². The summed E-state index contributed by atoms with van der Waals surface area (Å²) in [6.45, 7) is -0.204. The first kappa shape index (κ1) is 6.50. The van der Waals surface area contributed by atoms with E-state index < -0.39 is 11.6 Å². The minimum atomic E-state index is -0.864. The zero-order valence-electron chi connectivity index (χ0n) is 4.97. The Kier molecular flexibility index (Phi) is 1.42. The molecule has 0 atom stereocenters. The Hall–Kier alpha value is -0.620. The lowest BCUT2D eigenvalue weighted by Crippen LogP contribution is -2.40. The molecule has 0 aliphatic heterocycles. The molecular weight excluding hydrogens is 121 g/mol. The zero-order chi connectivity index (χ0) is 6.91. The van der Waals surface area contributed by atoms with Crippen LogP contribution < -0.4 is 0 Å². The van der Waals surface area contributed by atoms with Crippen molar-refractivity contribution < 1.29 is 9.50 Å². The second kappa shape index (κ2) is 1.96. The largest absolute Gasteiger partial charge is 0.395 e. The summed E-state index contributed by atoms with van der Waals surface area (Å²) in [5.41, 5.74) is -0.737. The lowest BCUT2D eigenvalue weighted by atomic mass is 9.69. The Bertz CT molecular complexity index is 146. The highest BCUT2D eigenvalue weighted by atomic mass is 19.1. The van der Waals surface area contributed by atoms with Crippen molar-refractivity contribution in [3.05, 3.63) is 0 Å². The minimum Gasteiger partial charge on any atom is -0.395 e. The maximum Gasteiger partial charge on any atom is 0.103 e. The SMILES string of the molecule is N#CC1(CO)CC(F)C1. The van der Waals surface area contributed by atoms with Crippen molar-refractivity contribution in [3.63, 3.8) is 0 Å². The van der Waals surface area contributed by atoms with E-state index in [4.69, 9.17) is 10.4 Å². The second-order valence-corrected chi connectivity index (χ2v) is 2.56. The third-order valence-corrected chi connectivity index (χ3v) is 1.76. The van der Waals surface area contributed by atoms with Crippen molar-refractivity contribution in [1.29, 1.82) is 5.26 Å². The van der Waals surface area contributed by atoms with E-state index in [0.717, 1.165) is 0 Å². The first-order valence-corrected chi connectivity index (χ1v) is 2.89. The number of alkyl halides is 1. The Morgan fingerprint density at radius 1 is 1.78 bits per heavy atom. The van der Waals surface area contributed by atoms with E-state index in [1.807, 2.05) is 6.07 Å². The fraction of sp³-hybridized carbons (Fsp3) is 0.833. The third kappa shape index (κ3) is 0.903. The summed E-state index contributed by atoms with van der Waals surface area (Å²) < 4.78 is 12.1. The molecule has 50 valence electrons. The molecule has 0 aromatic rings. The van der Waals surface area contributed by atoms with E-state index in [1.165, 1.54) is 0 Å². The van der Waals surface area contributed by atoms with Gasteiger partial charge in [0.1, 0.15) is 6.17 Å². The van der Waals surface area contributed by atoms with Crippen LogP contribution in [0.4, 0.5) is 4.39 Å². The molecule has 1 fully saturated rings. The highest BCUT2D eigenvalue weighted by Gasteiger charge is 2.44. The molecule has 1 aliphatic rings. The molecule has 9 heavy (non-hydrogen) atoms. The van der Waals surface area contributed by atoms with Gasteiger partial charge in [-0.2, -0.15) is 5.26 Å². The summed E-state index contributed by atoms with van der Waals surface area (Å²) in [6.07, 6.45) is -0.447. The fourth-order valence-corrected chi connectivity index (χ4v) is 1.04. The maximum atomic E-state index is 12.1. The van der Waals surface area contributed by atoms with Gasteiger partial charge in [0.05, 0.1) is 18.1 Å². The molecule has 3 heteroatoms. The first-order valence-electron chi connectivity index (χ1n) is 2.89. The molecular formula is C6H8FNO. The molecule has 0 heterocycles. The summed E-state index contributed by atoms with van der Waals surface area (Å²) >= 11 is 0. The highest BCUT2D eigenvalue weighted by Crippen LogP contribution is 2.41. The Labute approximate surface area is 52.9 Å². The molecule has 1 rings (SSSR count). The number of nitriles is 1. The van der Waals surface area contributed by atoms with Gasteiger partial charge in [0.25, 0.3) is 0 Å². The number of aliphatic hydroxyl groups is 1. The van der Waals surface area contributed by atoms with Gasteiger partial charge in [0.15, 0.2) is 0 Å². The Morgan fingerprint density at radius 2 is 2.33 bits per heavy atom. The molecule has 2 nitrogen and oxygen atoms in total. The van der Waals surface area contributed by atoms with Crippen LogP contribution in [0.3, 0.4) is 0 Å². The van der Waals surface area contributed by atoms with Gasteiger partial charge in [-0.3, -0.25) is 0 Å². The average molecular weight is 129 g/mol. The van der Waals surface area contributed by atoms with Crippen LogP contribution in [0.2, 0.25) is 0 Å². The van der Waals surface area contributed by atoms with Crippen molar-refractivity contribution in [2.45, 2.75) is 19.0 Å². The molecule has 1 saturated carbocycles. The summed E-state index contributed by atoms with van der Waals surface area (Å²) in [4.78, 5) is 0. The quantitative estimate of drug-likeness (QED) is 0.564. The molecule has 0 aromatic heterocycles. The van der Waals surface area contributed by atoms with E-state index in [9.17, 15) is 4.39 Å². The smallest absolute Gasteiger partial charge is 0.103 e. The number of rotatable bonds is 1. The monoisotopic (exact) mass is 129 g/mol. The Morgan fingerprint density at radius 3 is 2.44 bits per heavy atom. The van der Waals surface area contributed by atoms with Gasteiger partial charge >= 0.3 is 0 Å². The van der Waals surface area contributed by atoms with Gasteiger partial charge in [-0.25, -0.2) is 4.39 Å². The summed E-state index contributed by atoms with van der Waals surface area (Å²) in [6, 6.07) is 1.90. The molecule has 0 amide bonds. The lowest BCUT2D eigenvalue weighted by molar-refractivity contribution is 0.0224. The molecule has 0 radical (unpaired) electrons. The Balaban J connectivity index is 2.48. The van der Waals surface area contributed by atoms with E-state index in [0.29, 0.717) is 0 Å². The van der Waals surface area contributed by atoms with Crippen molar-refractivity contribution >= 4 is 0 Å². The van der Waals surface area contributed by atoms with Gasteiger partial charge < -0.3 is 5.11 Å². The van der Waals surface area contributed by atoms with Gasteiger partial charge in [-0.1, -0.05) is 0 Å². The van der Waals surface area contributed by atoms with Gasteiger partial charge in [-0.05, 0) is 12.8 Å². The van der Waals surface area contributed by atoms with Crippen LogP contribution >= 0.6 is 0 Å². The highest BCUT2D eigenvalue weighted by molar-refractivity contribution is 5.08. The molecule has 1 N–H and O–H groups in total. The molecule has 0 spiro atoms. The van der Waals surface area contributed by atoms with Gasteiger partial charge in [0, 0.05) is 0 Å². The van der Waals surface area contributed by atoms with Gasteiger partial charge in [-0.15, -0.1) is 0 Å². The standard InChI is InChI=1S/C6H8FNO/c7-5-1-6(2-5,3-8)4-9/h5,9H,1-2,4H2. The van der Waals surface area contributed by atoms with Crippen LogP contribution in [0, 0.1) is 16.7 Å². The van der Waals surface area contributed by atoms with Crippen LogP contribution in [0.25, 0.3) is 0 Å². The van der Waals surface area contributed by atoms with Crippen molar-refractivity contribution in [2.75, 3.05) is 6.61 Å². The molecule has 0 aromatic carbocycles. The normalized spacial score (nSPS) is 41.2. The molecule has 0 bridgehead atoms. The lowest BCUT2D eigenvalue weighted by Gasteiger charge is -2.36. The fourth-order valence-electron chi connectivity index (χ4n) is 1.04. The second-order valence-electron chi connectivity index (χ2n) is 2.56. The van der Waals surface area contributed by atoms with Crippen LogP contribution in [-0.2, 0) is 0 Å². The number of nitrogens with zero attached hydrogens (tertiary/aromatic N) is 1. The van der Waals surface area contributed by atoms with Gasteiger partial charge in [0.2, 0.25) is 0 Å². The summed E-state index contributed by atoms with van der Waals surface area (Å²) in [5.74, 6) is 0. The predicted octanol–water partition coefficient (Wildman–Crippen LogP) is 0.621.